The molecule has 0 spiro atoms. The molecular weight excluding hydrogens is 384 g/mol. The zero-order valence-corrected chi connectivity index (χ0v) is 15.3. The summed E-state index contributed by atoms with van der Waals surface area (Å²) in [6, 6.07) is 6.12. The fourth-order valence-electron chi connectivity index (χ4n) is 2.04. The van der Waals surface area contributed by atoms with Gasteiger partial charge in [0, 0.05) is 29.0 Å². The molecular formula is C15H17BrN2O4S. The molecule has 0 aliphatic rings. The topological polar surface area (TPSA) is 77.5 Å². The number of hydrogen-bond donors (Lipinski definition) is 1. The molecule has 0 amide bonds. The van der Waals surface area contributed by atoms with Gasteiger partial charge in [0.15, 0.2) is 11.5 Å². The first kappa shape index (κ1) is 17.7. The van der Waals surface area contributed by atoms with E-state index < -0.39 is 16.1 Å². The number of methoxy groups -OCH3 is 2. The first-order valence-electron chi connectivity index (χ1n) is 6.73. The van der Waals surface area contributed by atoms with Crippen molar-refractivity contribution in [1.29, 1.82) is 0 Å². The van der Waals surface area contributed by atoms with E-state index in [-0.39, 0.29) is 4.90 Å². The minimum Gasteiger partial charge on any atom is -0.493 e. The van der Waals surface area contributed by atoms with Gasteiger partial charge in [-0.25, -0.2) is 13.1 Å². The lowest BCUT2D eigenvalue weighted by atomic mass is 10.2. The van der Waals surface area contributed by atoms with Gasteiger partial charge < -0.3 is 9.47 Å². The zero-order valence-electron chi connectivity index (χ0n) is 12.9. The van der Waals surface area contributed by atoms with Gasteiger partial charge in [-0.05, 0) is 40.5 Å². The minimum atomic E-state index is -3.76. The Hall–Kier alpha value is -1.64. The highest BCUT2D eigenvalue weighted by Gasteiger charge is 2.23. The van der Waals surface area contributed by atoms with Crippen LogP contribution in [-0.4, -0.2) is 27.6 Å². The van der Waals surface area contributed by atoms with E-state index in [1.807, 2.05) is 6.07 Å². The number of halogens is 1. The number of hydrogen-bond acceptors (Lipinski definition) is 5. The molecule has 8 heteroatoms. The minimum absolute atomic E-state index is 0.0749. The standard InChI is InChI=1S/C15H17BrN2O4S/c1-10(11-5-4-6-17-9-11)18-23(19,20)15-8-14(22-3)13(21-2)7-12(15)16/h4-10,18H,1-3H3. The van der Waals surface area contributed by atoms with E-state index in [1.165, 1.54) is 20.3 Å². The summed E-state index contributed by atoms with van der Waals surface area (Å²) < 4.78 is 38.6. The summed E-state index contributed by atoms with van der Waals surface area (Å²) in [7, 11) is -0.817. The van der Waals surface area contributed by atoms with E-state index in [0.29, 0.717) is 16.0 Å². The monoisotopic (exact) mass is 400 g/mol. The molecule has 1 N–H and O–H groups in total. The second-order valence-corrected chi connectivity index (χ2v) is 7.30. The Morgan fingerprint density at radius 1 is 1.22 bits per heavy atom. The van der Waals surface area contributed by atoms with Gasteiger partial charge in [-0.15, -0.1) is 0 Å². The van der Waals surface area contributed by atoms with Crippen LogP contribution in [0.3, 0.4) is 0 Å². The average molecular weight is 401 g/mol. The Labute approximate surface area is 144 Å². The number of pyridine rings is 1. The van der Waals surface area contributed by atoms with Gasteiger partial charge in [0.25, 0.3) is 0 Å². The molecule has 6 nitrogen and oxygen atoms in total. The molecule has 1 aromatic heterocycles. The van der Waals surface area contributed by atoms with Crippen molar-refractivity contribution in [3.05, 3.63) is 46.7 Å². The molecule has 23 heavy (non-hydrogen) atoms. The Bertz CT molecular complexity index is 782. The first-order valence-corrected chi connectivity index (χ1v) is 9.00. The van der Waals surface area contributed by atoms with Crippen LogP contribution in [0.4, 0.5) is 0 Å². The lowest BCUT2D eigenvalue weighted by molar-refractivity contribution is 0.353. The SMILES string of the molecule is COc1cc(Br)c(S(=O)(=O)NC(C)c2cccnc2)cc1OC. The number of rotatable bonds is 6. The molecule has 1 aromatic carbocycles. The van der Waals surface area contributed by atoms with E-state index >= 15 is 0 Å². The van der Waals surface area contributed by atoms with E-state index in [9.17, 15) is 8.42 Å². The second kappa shape index (κ2) is 7.29. The molecule has 0 saturated heterocycles. The zero-order chi connectivity index (χ0) is 17.0. The van der Waals surface area contributed by atoms with Crippen molar-refractivity contribution in [2.75, 3.05) is 14.2 Å². The van der Waals surface area contributed by atoms with Crippen LogP contribution in [0.15, 0.2) is 46.0 Å². The van der Waals surface area contributed by atoms with E-state index in [1.54, 1.807) is 31.5 Å². The van der Waals surface area contributed by atoms with Gasteiger partial charge >= 0.3 is 0 Å². The molecule has 2 aromatic rings. The summed E-state index contributed by atoms with van der Waals surface area (Å²) in [6.45, 7) is 1.75. The lowest BCUT2D eigenvalue weighted by Crippen LogP contribution is -2.27. The van der Waals surface area contributed by atoms with Crippen LogP contribution in [-0.2, 0) is 10.0 Å². The molecule has 0 radical (unpaired) electrons. The van der Waals surface area contributed by atoms with Gasteiger partial charge in [0.05, 0.1) is 14.2 Å². The molecule has 0 saturated carbocycles. The fraction of sp³-hybridized carbons (Fsp3) is 0.267. The van der Waals surface area contributed by atoms with E-state index in [2.05, 4.69) is 25.6 Å². The first-order chi connectivity index (χ1) is 10.9. The molecule has 1 heterocycles. The number of ether oxygens (including phenoxy) is 2. The van der Waals surface area contributed by atoms with Crippen LogP contribution in [0.1, 0.15) is 18.5 Å². The third kappa shape index (κ3) is 4.01. The number of nitrogens with zero attached hydrogens (tertiary/aromatic N) is 1. The van der Waals surface area contributed by atoms with Crippen molar-refractivity contribution >= 4 is 26.0 Å². The third-order valence-corrected chi connectivity index (χ3v) is 5.74. The summed E-state index contributed by atoms with van der Waals surface area (Å²) in [6.07, 6.45) is 3.26. The Balaban J connectivity index is 2.36. The molecule has 1 unspecified atom stereocenters. The van der Waals surface area contributed by atoms with Gasteiger partial charge in [-0.2, -0.15) is 0 Å². The van der Waals surface area contributed by atoms with Crippen LogP contribution in [0.5, 0.6) is 11.5 Å². The summed E-state index contributed by atoms with van der Waals surface area (Å²) in [5.74, 6) is 0.781. The van der Waals surface area contributed by atoms with Crippen molar-refractivity contribution in [2.45, 2.75) is 17.9 Å². The molecule has 0 fully saturated rings. The van der Waals surface area contributed by atoms with E-state index in [4.69, 9.17) is 9.47 Å². The predicted octanol–water partition coefficient (Wildman–Crippen LogP) is 2.90. The van der Waals surface area contributed by atoms with Crippen LogP contribution in [0, 0.1) is 0 Å². The Morgan fingerprint density at radius 3 is 2.43 bits per heavy atom. The Kier molecular flexibility index (Phi) is 5.61. The Morgan fingerprint density at radius 2 is 1.87 bits per heavy atom. The fourth-order valence-corrected chi connectivity index (χ4v) is 4.31. The summed E-state index contributed by atoms with van der Waals surface area (Å²) in [4.78, 5) is 4.07. The molecule has 0 aliphatic carbocycles. The number of aromatic nitrogens is 1. The number of benzene rings is 1. The quantitative estimate of drug-likeness (QED) is 0.806. The summed E-state index contributed by atoms with van der Waals surface area (Å²) >= 11 is 3.27. The van der Waals surface area contributed by atoms with Gasteiger partial charge in [0.2, 0.25) is 10.0 Å². The van der Waals surface area contributed by atoms with Crippen molar-refractivity contribution in [3.63, 3.8) is 0 Å². The molecule has 0 bridgehead atoms. The maximum atomic E-state index is 12.6. The highest BCUT2D eigenvalue weighted by Crippen LogP contribution is 2.35. The summed E-state index contributed by atoms with van der Waals surface area (Å²) in [5, 5.41) is 0. The van der Waals surface area contributed by atoms with Crippen molar-refractivity contribution < 1.29 is 17.9 Å². The highest BCUT2D eigenvalue weighted by atomic mass is 79.9. The van der Waals surface area contributed by atoms with Gasteiger partial charge in [-0.3, -0.25) is 4.98 Å². The van der Waals surface area contributed by atoms with Gasteiger partial charge in [0.1, 0.15) is 4.90 Å². The van der Waals surface area contributed by atoms with Crippen LogP contribution in [0.25, 0.3) is 0 Å². The highest BCUT2D eigenvalue weighted by molar-refractivity contribution is 9.10. The van der Waals surface area contributed by atoms with Gasteiger partial charge in [-0.1, -0.05) is 6.07 Å². The van der Waals surface area contributed by atoms with Crippen LogP contribution in [0.2, 0.25) is 0 Å². The average Bonchev–Trinajstić information content (AvgIpc) is 2.54. The normalized spacial score (nSPS) is 12.7. The number of sulfonamides is 1. The third-order valence-electron chi connectivity index (χ3n) is 3.24. The second-order valence-electron chi connectivity index (χ2n) is 4.77. The molecule has 124 valence electrons. The molecule has 2 rings (SSSR count). The van der Waals surface area contributed by atoms with Crippen molar-refractivity contribution in [1.82, 2.24) is 9.71 Å². The maximum Gasteiger partial charge on any atom is 0.242 e. The molecule has 0 aliphatic heterocycles. The lowest BCUT2D eigenvalue weighted by Gasteiger charge is -2.16. The molecule has 1 atom stereocenters. The maximum absolute atomic E-state index is 12.6. The van der Waals surface area contributed by atoms with Crippen LogP contribution < -0.4 is 14.2 Å². The summed E-state index contributed by atoms with van der Waals surface area (Å²) in [5.41, 5.74) is 0.771. The smallest absolute Gasteiger partial charge is 0.242 e. The predicted molar refractivity (Wildman–Crippen MR) is 90.2 cm³/mol. The van der Waals surface area contributed by atoms with Crippen molar-refractivity contribution in [2.24, 2.45) is 0 Å². The largest absolute Gasteiger partial charge is 0.493 e. The number of nitrogens with one attached hydrogen (secondary N) is 1. The van der Waals surface area contributed by atoms with Crippen LogP contribution >= 0.6 is 15.9 Å². The van der Waals surface area contributed by atoms with Crippen molar-refractivity contribution in [3.8, 4) is 11.5 Å². The van der Waals surface area contributed by atoms with E-state index in [0.717, 1.165) is 5.56 Å².